The number of Topliss-reactive ketones (excluding diaryl/α,β-unsaturated/α-hetero) is 1. The van der Waals surface area contributed by atoms with Crippen LogP contribution in [0.4, 0.5) is 0 Å². The summed E-state index contributed by atoms with van der Waals surface area (Å²) in [7, 11) is 0. The van der Waals surface area contributed by atoms with Gasteiger partial charge in [0.15, 0.2) is 5.78 Å². The number of unbranched alkanes of at least 4 members (excludes halogenated alkanes) is 8. The summed E-state index contributed by atoms with van der Waals surface area (Å²) in [6.45, 7) is 4.69. The molecular formula is C20H32O3. The van der Waals surface area contributed by atoms with Crippen molar-refractivity contribution < 1.29 is 14.6 Å². The highest BCUT2D eigenvalue weighted by Crippen LogP contribution is 2.25. The molecular weight excluding hydrogens is 288 g/mol. The Kier molecular flexibility index (Phi) is 10.2. The monoisotopic (exact) mass is 320 g/mol. The molecule has 0 radical (unpaired) electrons. The lowest BCUT2D eigenvalue weighted by atomic mass is 10.0. The zero-order valence-corrected chi connectivity index (χ0v) is 14.8. The summed E-state index contributed by atoms with van der Waals surface area (Å²) < 4.78 is 5.39. The molecule has 130 valence electrons. The molecule has 0 atom stereocenters. The average Bonchev–Trinajstić information content (AvgIpc) is 2.55. The van der Waals surface area contributed by atoms with Gasteiger partial charge in [-0.05, 0) is 31.5 Å². The average molecular weight is 320 g/mol. The second-order valence-electron chi connectivity index (χ2n) is 6.11. The predicted octanol–water partition coefficient (Wildman–Crippen LogP) is 5.89. The van der Waals surface area contributed by atoms with E-state index in [1.54, 1.807) is 12.1 Å². The molecule has 0 aliphatic heterocycles. The highest BCUT2D eigenvalue weighted by atomic mass is 16.5. The first kappa shape index (κ1) is 19.5. The van der Waals surface area contributed by atoms with E-state index < -0.39 is 0 Å². The molecule has 0 fully saturated rings. The van der Waals surface area contributed by atoms with Crippen LogP contribution in [0.15, 0.2) is 18.2 Å². The number of ether oxygens (including phenoxy) is 1. The third-order valence-electron chi connectivity index (χ3n) is 4.09. The van der Waals surface area contributed by atoms with Crippen molar-refractivity contribution in [2.24, 2.45) is 0 Å². The largest absolute Gasteiger partial charge is 0.507 e. The van der Waals surface area contributed by atoms with Gasteiger partial charge in [-0.15, -0.1) is 0 Å². The normalized spacial score (nSPS) is 10.7. The van der Waals surface area contributed by atoms with Gasteiger partial charge in [-0.25, -0.2) is 0 Å². The van der Waals surface area contributed by atoms with E-state index in [4.69, 9.17) is 4.74 Å². The molecule has 0 amide bonds. The minimum atomic E-state index is 0.00648. The van der Waals surface area contributed by atoms with Crippen molar-refractivity contribution in [3.63, 3.8) is 0 Å². The van der Waals surface area contributed by atoms with Crippen molar-refractivity contribution >= 4 is 5.78 Å². The molecule has 3 heteroatoms. The number of benzene rings is 1. The Balaban J connectivity index is 2.22. The first-order chi connectivity index (χ1) is 11.2. The highest BCUT2D eigenvalue weighted by molar-refractivity contribution is 5.98. The van der Waals surface area contributed by atoms with Gasteiger partial charge in [0.25, 0.3) is 0 Å². The van der Waals surface area contributed by atoms with Crippen LogP contribution in [0.3, 0.4) is 0 Å². The highest BCUT2D eigenvalue weighted by Gasteiger charge is 2.12. The first-order valence-electron chi connectivity index (χ1n) is 9.18. The predicted molar refractivity (Wildman–Crippen MR) is 95.5 cm³/mol. The molecule has 0 saturated carbocycles. The van der Waals surface area contributed by atoms with Crippen LogP contribution in [-0.4, -0.2) is 17.5 Å². The number of ketones is 1. The standard InChI is InChI=1S/C20H32O3/c1-3-5-6-7-8-9-10-11-12-13-19(21)18-16-17(23-4-2)14-15-20(18)22/h14-16,22H,3-13H2,1-2H3. The molecule has 23 heavy (non-hydrogen) atoms. The van der Waals surface area contributed by atoms with Gasteiger partial charge in [0, 0.05) is 6.42 Å². The van der Waals surface area contributed by atoms with Crippen LogP contribution in [0.1, 0.15) is 88.4 Å². The summed E-state index contributed by atoms with van der Waals surface area (Å²) >= 11 is 0. The quantitative estimate of drug-likeness (QED) is 0.364. The van der Waals surface area contributed by atoms with Crippen LogP contribution < -0.4 is 4.74 Å². The Labute approximate surface area is 141 Å². The van der Waals surface area contributed by atoms with Gasteiger partial charge in [-0.3, -0.25) is 4.79 Å². The molecule has 3 nitrogen and oxygen atoms in total. The molecule has 1 N–H and O–H groups in total. The summed E-state index contributed by atoms with van der Waals surface area (Å²) in [6, 6.07) is 4.87. The van der Waals surface area contributed by atoms with Crippen molar-refractivity contribution in [3.05, 3.63) is 23.8 Å². The maximum atomic E-state index is 12.2. The first-order valence-corrected chi connectivity index (χ1v) is 9.18. The van der Waals surface area contributed by atoms with Crippen molar-refractivity contribution in [1.82, 2.24) is 0 Å². The fraction of sp³-hybridized carbons (Fsp3) is 0.650. The SMILES string of the molecule is CCCCCCCCCCCC(=O)c1cc(OCC)ccc1O. The van der Waals surface area contributed by atoms with E-state index in [1.807, 2.05) is 6.92 Å². The second kappa shape index (κ2) is 12.0. The second-order valence-corrected chi connectivity index (χ2v) is 6.11. The summed E-state index contributed by atoms with van der Waals surface area (Å²) in [6.07, 6.45) is 11.6. The van der Waals surface area contributed by atoms with Crippen LogP contribution in [0.2, 0.25) is 0 Å². The van der Waals surface area contributed by atoms with Gasteiger partial charge >= 0.3 is 0 Å². The number of hydrogen-bond donors (Lipinski definition) is 1. The van der Waals surface area contributed by atoms with E-state index in [0.717, 1.165) is 12.8 Å². The Bertz CT molecular complexity index is 454. The van der Waals surface area contributed by atoms with Crippen LogP contribution in [0.25, 0.3) is 0 Å². The number of rotatable bonds is 13. The topological polar surface area (TPSA) is 46.5 Å². The lowest BCUT2D eigenvalue weighted by Crippen LogP contribution is -2.01. The van der Waals surface area contributed by atoms with Gasteiger partial charge in [-0.1, -0.05) is 58.3 Å². The third kappa shape index (κ3) is 8.06. The lowest BCUT2D eigenvalue weighted by molar-refractivity contribution is 0.0976. The molecule has 0 bridgehead atoms. The van der Waals surface area contributed by atoms with Gasteiger partial charge in [0.1, 0.15) is 11.5 Å². The van der Waals surface area contributed by atoms with E-state index in [-0.39, 0.29) is 11.5 Å². The third-order valence-corrected chi connectivity index (χ3v) is 4.09. The fourth-order valence-corrected chi connectivity index (χ4v) is 2.73. The van der Waals surface area contributed by atoms with Gasteiger partial charge < -0.3 is 9.84 Å². The molecule has 0 heterocycles. The van der Waals surface area contributed by atoms with E-state index in [1.165, 1.54) is 51.0 Å². The number of phenolic OH excluding ortho intramolecular Hbond substituents is 1. The van der Waals surface area contributed by atoms with Crippen molar-refractivity contribution in [2.45, 2.75) is 78.1 Å². The Hall–Kier alpha value is -1.51. The van der Waals surface area contributed by atoms with Crippen molar-refractivity contribution in [1.29, 1.82) is 0 Å². The molecule has 0 aliphatic rings. The molecule has 0 aliphatic carbocycles. The van der Waals surface area contributed by atoms with Gasteiger partial charge in [0.2, 0.25) is 0 Å². The summed E-state index contributed by atoms with van der Waals surface area (Å²) in [5.41, 5.74) is 0.385. The molecule has 1 aromatic rings. The molecule has 1 aromatic carbocycles. The maximum absolute atomic E-state index is 12.2. The molecule has 0 aromatic heterocycles. The minimum Gasteiger partial charge on any atom is -0.507 e. The van der Waals surface area contributed by atoms with Crippen LogP contribution >= 0.6 is 0 Å². The Morgan fingerprint density at radius 1 is 0.957 bits per heavy atom. The zero-order chi connectivity index (χ0) is 16.9. The zero-order valence-electron chi connectivity index (χ0n) is 14.8. The van der Waals surface area contributed by atoms with E-state index in [0.29, 0.717) is 24.3 Å². The smallest absolute Gasteiger partial charge is 0.166 e. The number of phenols is 1. The molecule has 1 rings (SSSR count). The van der Waals surface area contributed by atoms with Crippen LogP contribution in [0.5, 0.6) is 11.5 Å². The number of carbonyl (C=O) groups is 1. The van der Waals surface area contributed by atoms with Crippen molar-refractivity contribution in [3.8, 4) is 11.5 Å². The fourth-order valence-electron chi connectivity index (χ4n) is 2.73. The van der Waals surface area contributed by atoms with Crippen molar-refractivity contribution in [2.75, 3.05) is 6.61 Å². The molecule has 0 unspecified atom stereocenters. The van der Waals surface area contributed by atoms with Gasteiger partial charge in [0.05, 0.1) is 12.2 Å². The van der Waals surface area contributed by atoms with Crippen LogP contribution in [-0.2, 0) is 0 Å². The summed E-state index contributed by atoms with van der Waals surface area (Å²) in [5, 5.41) is 9.84. The number of carbonyl (C=O) groups excluding carboxylic acids is 1. The Morgan fingerprint density at radius 3 is 2.17 bits per heavy atom. The van der Waals surface area contributed by atoms with E-state index >= 15 is 0 Å². The minimum absolute atomic E-state index is 0.00648. The van der Waals surface area contributed by atoms with Crippen LogP contribution in [0, 0.1) is 0 Å². The number of hydrogen-bond acceptors (Lipinski definition) is 3. The summed E-state index contributed by atoms with van der Waals surface area (Å²) in [4.78, 5) is 12.2. The van der Waals surface area contributed by atoms with E-state index in [9.17, 15) is 9.90 Å². The maximum Gasteiger partial charge on any atom is 0.166 e. The summed E-state index contributed by atoms with van der Waals surface area (Å²) in [5.74, 6) is 0.696. The molecule has 0 saturated heterocycles. The van der Waals surface area contributed by atoms with Gasteiger partial charge in [-0.2, -0.15) is 0 Å². The Morgan fingerprint density at radius 2 is 1.57 bits per heavy atom. The number of aromatic hydroxyl groups is 1. The lowest BCUT2D eigenvalue weighted by Gasteiger charge is -2.08. The van der Waals surface area contributed by atoms with E-state index in [2.05, 4.69) is 6.92 Å². The molecule has 0 spiro atoms.